The van der Waals surface area contributed by atoms with Gasteiger partial charge in [-0.15, -0.1) is 4.79 Å². The van der Waals surface area contributed by atoms with Gasteiger partial charge in [-0.05, 0) is 21.6 Å². The lowest BCUT2D eigenvalue weighted by Gasteiger charge is -2.01. The third-order valence-corrected chi connectivity index (χ3v) is 7.81. The summed E-state index contributed by atoms with van der Waals surface area (Å²) in [7, 11) is 1.01. The topological polar surface area (TPSA) is 0 Å². The molecule has 0 heterocycles. The van der Waals surface area contributed by atoms with Crippen molar-refractivity contribution in [3.8, 4) is 0 Å². The molecule has 0 spiro atoms. The second-order valence-electron chi connectivity index (χ2n) is 3.11. The molecule has 0 aromatic rings. The summed E-state index contributed by atoms with van der Waals surface area (Å²) in [6.45, 7) is 6.97. The predicted octanol–water partition coefficient (Wildman–Crippen LogP) is 1.79. The van der Waals surface area contributed by atoms with E-state index >= 15 is 0 Å². The average molecular weight is 186 g/mol. The fourth-order valence-corrected chi connectivity index (χ4v) is 5.36. The monoisotopic (exact) mass is 186 g/mol. The second kappa shape index (κ2) is 8.40. The van der Waals surface area contributed by atoms with Crippen LogP contribution >= 0.6 is 0 Å². The minimum Gasteiger partial charge on any atom is -0.109 e. The summed E-state index contributed by atoms with van der Waals surface area (Å²) in [5.74, 6) is 0. The quantitative estimate of drug-likeness (QED) is 0.555. The van der Waals surface area contributed by atoms with Gasteiger partial charge in [-0.1, -0.05) is 39.7 Å². The van der Waals surface area contributed by atoms with E-state index in [1.807, 2.05) is 4.79 Å². The Balaban J connectivity index is 3.55. The molecule has 0 atom stereocenters. The van der Waals surface area contributed by atoms with Crippen LogP contribution in [0.15, 0.2) is 0 Å². The van der Waals surface area contributed by atoms with E-state index < -0.39 is 0 Å². The molecule has 0 aromatic heterocycles. The van der Waals surface area contributed by atoms with Crippen molar-refractivity contribution in [2.45, 2.75) is 52.1 Å². The number of hydrogen-bond donors (Lipinski definition) is 0. The van der Waals surface area contributed by atoms with Gasteiger partial charge in [0.1, 0.15) is 0 Å². The van der Waals surface area contributed by atoms with Crippen LogP contribution in [-0.2, 0) is 0 Å². The molecule has 0 aliphatic rings. The molecule has 0 fully saturated rings. The molecule has 66 valence electrons. The molecular weight excluding hydrogens is 164 g/mol. The van der Waals surface area contributed by atoms with Crippen LogP contribution in [0.1, 0.15) is 40.0 Å². The third-order valence-electron chi connectivity index (χ3n) is 2.03. The van der Waals surface area contributed by atoms with Gasteiger partial charge in [0.25, 0.3) is 0 Å². The van der Waals surface area contributed by atoms with Crippen LogP contribution in [0, 0.1) is 0 Å². The Morgan fingerprint density at radius 2 is 1.91 bits per heavy atom. The van der Waals surface area contributed by atoms with E-state index in [-0.39, 0.29) is 9.52 Å². The maximum absolute atomic E-state index is 2.35. The molecule has 0 saturated heterocycles. The van der Waals surface area contributed by atoms with Crippen LogP contribution < -0.4 is 0 Å². The van der Waals surface area contributed by atoms with Gasteiger partial charge in [-0.3, -0.25) is 0 Å². The standard InChI is InChI=1S/C9H22Si2/c1-4-7-10-9(6-3)11-8-5-2/h10H,4-8,11H2,1-3H3. The minimum absolute atomic E-state index is 0.259. The first-order valence-corrected chi connectivity index (χ1v) is 8.13. The molecule has 0 saturated carbocycles. The van der Waals surface area contributed by atoms with Gasteiger partial charge in [0, 0.05) is 9.52 Å². The molecular formula is C9H22Si2. The normalized spacial score (nSPS) is 13.2. The SMILES string of the molecule is CCC[SiH]=C(CC)[SiH2]CCC. The van der Waals surface area contributed by atoms with Crippen molar-refractivity contribution in [3.05, 3.63) is 0 Å². The van der Waals surface area contributed by atoms with Gasteiger partial charge < -0.3 is 0 Å². The van der Waals surface area contributed by atoms with Gasteiger partial charge in [-0.25, -0.2) is 0 Å². The van der Waals surface area contributed by atoms with E-state index in [4.69, 9.17) is 0 Å². The van der Waals surface area contributed by atoms with E-state index in [0.29, 0.717) is 0 Å². The summed E-state index contributed by atoms with van der Waals surface area (Å²) in [5, 5.41) is 0. The van der Waals surface area contributed by atoms with E-state index in [0.717, 1.165) is 9.13 Å². The van der Waals surface area contributed by atoms with Crippen LogP contribution in [-0.4, -0.2) is 23.4 Å². The molecule has 0 aliphatic heterocycles. The van der Waals surface area contributed by atoms with Gasteiger partial charge in [0.2, 0.25) is 0 Å². The minimum atomic E-state index is 0.259. The molecule has 0 N–H and O–H groups in total. The van der Waals surface area contributed by atoms with Crippen molar-refractivity contribution in [2.24, 2.45) is 0 Å². The molecule has 0 bridgehead atoms. The summed E-state index contributed by atoms with van der Waals surface area (Å²) >= 11 is 0. The highest BCUT2D eigenvalue weighted by Crippen LogP contribution is 1.91. The molecule has 0 aliphatic carbocycles. The third kappa shape index (κ3) is 6.69. The van der Waals surface area contributed by atoms with Crippen molar-refractivity contribution in [1.82, 2.24) is 0 Å². The zero-order valence-corrected chi connectivity index (χ0v) is 10.9. The molecule has 0 aromatic carbocycles. The van der Waals surface area contributed by atoms with Crippen molar-refractivity contribution < 1.29 is 0 Å². The van der Waals surface area contributed by atoms with Crippen LogP contribution in [0.3, 0.4) is 0 Å². The Morgan fingerprint density at radius 1 is 1.18 bits per heavy atom. The van der Waals surface area contributed by atoms with Gasteiger partial charge in [0.05, 0.1) is 0 Å². The Kier molecular flexibility index (Phi) is 8.63. The molecule has 0 amide bonds. The summed E-state index contributed by atoms with van der Waals surface area (Å²) in [6.07, 6.45) is 4.22. The molecule has 0 radical (unpaired) electrons. The maximum atomic E-state index is 2.35. The van der Waals surface area contributed by atoms with Crippen LogP contribution in [0.25, 0.3) is 0 Å². The number of rotatable bonds is 6. The Morgan fingerprint density at radius 3 is 2.36 bits per heavy atom. The van der Waals surface area contributed by atoms with Crippen LogP contribution in [0.4, 0.5) is 0 Å². The second-order valence-corrected chi connectivity index (χ2v) is 7.84. The maximum Gasteiger partial charge on any atom is 0.0433 e. The zero-order valence-electron chi connectivity index (χ0n) is 8.32. The van der Waals surface area contributed by atoms with Crippen LogP contribution in [0.5, 0.6) is 0 Å². The van der Waals surface area contributed by atoms with E-state index in [2.05, 4.69) is 20.8 Å². The summed E-state index contributed by atoms with van der Waals surface area (Å²) < 4.78 is 0. The van der Waals surface area contributed by atoms with E-state index in [1.54, 1.807) is 6.04 Å². The Hall–Kier alpha value is 0.304. The summed E-state index contributed by atoms with van der Waals surface area (Å²) in [4.78, 5) is 2.01. The van der Waals surface area contributed by atoms with Crippen molar-refractivity contribution in [2.75, 3.05) is 0 Å². The molecule has 2 heteroatoms. The first kappa shape index (κ1) is 11.3. The van der Waals surface area contributed by atoms with E-state index in [1.165, 1.54) is 25.3 Å². The smallest absolute Gasteiger partial charge is 0.0433 e. The first-order valence-electron chi connectivity index (χ1n) is 5.03. The van der Waals surface area contributed by atoms with Crippen molar-refractivity contribution in [1.29, 1.82) is 0 Å². The highest BCUT2D eigenvalue weighted by molar-refractivity contribution is 6.91. The summed E-state index contributed by atoms with van der Waals surface area (Å²) in [5.41, 5.74) is 0. The molecule has 0 unspecified atom stereocenters. The van der Waals surface area contributed by atoms with Crippen molar-refractivity contribution in [3.63, 3.8) is 0 Å². The highest BCUT2D eigenvalue weighted by Gasteiger charge is 1.92. The molecule has 0 nitrogen and oxygen atoms in total. The van der Waals surface area contributed by atoms with Gasteiger partial charge in [-0.2, -0.15) is 0 Å². The average Bonchev–Trinajstić information content (AvgIpc) is 2.05. The lowest BCUT2D eigenvalue weighted by atomic mass is 10.6. The van der Waals surface area contributed by atoms with Crippen molar-refractivity contribution >= 4 is 23.4 Å². The molecule has 11 heavy (non-hydrogen) atoms. The largest absolute Gasteiger partial charge is 0.109 e. The fourth-order valence-electron chi connectivity index (χ4n) is 1.18. The molecule has 0 rings (SSSR count). The predicted molar refractivity (Wildman–Crippen MR) is 61.2 cm³/mol. The lowest BCUT2D eigenvalue weighted by molar-refractivity contribution is 1.08. The zero-order chi connectivity index (χ0) is 8.53. The van der Waals surface area contributed by atoms with Crippen LogP contribution in [0.2, 0.25) is 12.1 Å². The summed E-state index contributed by atoms with van der Waals surface area (Å²) in [6, 6.07) is 3.07. The fraction of sp³-hybridized carbons (Fsp3) is 0.889. The Labute approximate surface area is 76.0 Å². The highest BCUT2D eigenvalue weighted by atomic mass is 28.2. The Bertz CT molecular complexity index is 108. The number of hydrogen-bond acceptors (Lipinski definition) is 0. The lowest BCUT2D eigenvalue weighted by Crippen LogP contribution is -2.11. The first-order chi connectivity index (χ1) is 5.35. The van der Waals surface area contributed by atoms with Gasteiger partial charge >= 0.3 is 0 Å². The van der Waals surface area contributed by atoms with Gasteiger partial charge in [0.15, 0.2) is 0 Å². The van der Waals surface area contributed by atoms with E-state index in [9.17, 15) is 0 Å².